The molecule has 1 aromatic heterocycles. The summed E-state index contributed by atoms with van der Waals surface area (Å²) in [6, 6.07) is 5.62. The molecule has 1 saturated heterocycles. The van der Waals surface area contributed by atoms with E-state index in [1.54, 1.807) is 0 Å². The second-order valence-electron chi connectivity index (χ2n) is 7.64. The van der Waals surface area contributed by atoms with Crippen molar-refractivity contribution >= 4 is 17.2 Å². The van der Waals surface area contributed by atoms with Crippen molar-refractivity contribution in [1.82, 2.24) is 4.57 Å². The number of hydrogen-bond donors (Lipinski definition) is 0. The topological polar surface area (TPSA) is 67.4 Å². The molecule has 1 aliphatic rings. The van der Waals surface area contributed by atoms with Crippen molar-refractivity contribution in [2.75, 3.05) is 6.61 Å². The van der Waals surface area contributed by atoms with Gasteiger partial charge >= 0.3 is 0 Å². The number of benzene rings is 1. The van der Waals surface area contributed by atoms with Crippen LogP contribution in [0.2, 0.25) is 0 Å². The molecule has 7 heteroatoms. The summed E-state index contributed by atoms with van der Waals surface area (Å²) < 4.78 is 21.7. The molecule has 0 bridgehead atoms. The summed E-state index contributed by atoms with van der Waals surface area (Å²) in [7, 11) is 0. The highest BCUT2D eigenvalue weighted by molar-refractivity contribution is 7.09. The molecule has 1 aliphatic heterocycles. The Hall–Kier alpha value is -2.30. The van der Waals surface area contributed by atoms with Crippen molar-refractivity contribution in [3.05, 3.63) is 51.0 Å². The van der Waals surface area contributed by atoms with E-state index in [9.17, 15) is 9.18 Å². The third kappa shape index (κ3) is 4.52. The summed E-state index contributed by atoms with van der Waals surface area (Å²) in [5.74, 6) is -1.37. The highest BCUT2D eigenvalue weighted by Crippen LogP contribution is 2.25. The van der Waals surface area contributed by atoms with Crippen LogP contribution in [0.3, 0.4) is 0 Å². The number of hydrogen-bond acceptors (Lipinski definition) is 4. The van der Waals surface area contributed by atoms with E-state index in [2.05, 4.69) is 25.8 Å². The molecule has 0 N–H and O–H groups in total. The number of carbonyl (C=O) groups is 1. The molecule has 0 aliphatic carbocycles. The van der Waals surface area contributed by atoms with Gasteiger partial charge in [0.2, 0.25) is 0 Å². The van der Waals surface area contributed by atoms with Crippen LogP contribution in [0.1, 0.15) is 54.4 Å². The molecule has 1 atom stereocenters. The minimum absolute atomic E-state index is 0.0915. The minimum Gasteiger partial charge on any atom is -0.376 e. The molecule has 2 heterocycles. The van der Waals surface area contributed by atoms with Gasteiger partial charge in [0.25, 0.3) is 5.91 Å². The van der Waals surface area contributed by atoms with Crippen LogP contribution in [-0.4, -0.2) is 23.2 Å². The molecule has 27 heavy (non-hydrogen) atoms. The maximum absolute atomic E-state index is 14.1. The lowest BCUT2D eigenvalue weighted by Crippen LogP contribution is -2.23. The number of amides is 1. The second-order valence-corrected chi connectivity index (χ2v) is 8.65. The summed E-state index contributed by atoms with van der Waals surface area (Å²) in [5, 5.41) is 8.99. The molecule has 1 amide bonds. The number of thiazole rings is 1. The van der Waals surface area contributed by atoms with E-state index in [0.717, 1.165) is 30.4 Å². The van der Waals surface area contributed by atoms with Gasteiger partial charge in [0.05, 0.1) is 29.8 Å². The van der Waals surface area contributed by atoms with Gasteiger partial charge in [0.1, 0.15) is 5.82 Å². The molecule has 0 saturated carbocycles. The van der Waals surface area contributed by atoms with Gasteiger partial charge in [0.15, 0.2) is 4.80 Å². The van der Waals surface area contributed by atoms with Crippen LogP contribution >= 0.6 is 11.3 Å². The van der Waals surface area contributed by atoms with Crippen LogP contribution in [0, 0.1) is 17.1 Å². The molecule has 142 valence electrons. The largest absolute Gasteiger partial charge is 0.376 e. The Morgan fingerprint density at radius 2 is 2.26 bits per heavy atom. The maximum atomic E-state index is 14.1. The zero-order chi connectivity index (χ0) is 19.6. The summed E-state index contributed by atoms with van der Waals surface area (Å²) in [5.41, 5.74) is -0.0571. The number of nitrogens with zero attached hydrogens (tertiary/aromatic N) is 3. The maximum Gasteiger partial charge on any atom is 0.282 e. The Morgan fingerprint density at radius 1 is 1.48 bits per heavy atom. The number of ether oxygens (including phenoxy) is 1. The number of rotatable bonds is 3. The molecule has 0 spiro atoms. The van der Waals surface area contributed by atoms with Crippen molar-refractivity contribution in [3.8, 4) is 6.07 Å². The van der Waals surface area contributed by atoms with Crippen molar-refractivity contribution < 1.29 is 13.9 Å². The Balaban J connectivity index is 2.02. The van der Waals surface area contributed by atoms with E-state index in [-0.39, 0.29) is 22.6 Å². The SMILES string of the molecule is CC(C)(C)c1cn(C[C@H]2CCCO2)c(=NC(=O)c2cc(C#N)ccc2F)s1. The predicted octanol–water partition coefficient (Wildman–Crippen LogP) is 3.78. The molecular weight excluding hydrogens is 365 g/mol. The highest BCUT2D eigenvalue weighted by atomic mass is 32.1. The Bertz CT molecular complexity index is 957. The molecular formula is C20H22FN3O2S. The fraction of sp³-hybridized carbons (Fsp3) is 0.450. The standard InChI is InChI=1S/C20H22FN3O2S/c1-20(2,3)17-12-24(11-14-5-4-8-26-14)19(27-17)23-18(25)15-9-13(10-22)6-7-16(15)21/h6-7,9,12,14H,4-5,8,11H2,1-3H3/t14-/m1/s1. The van der Waals surface area contributed by atoms with E-state index in [1.807, 2.05) is 16.8 Å². The molecule has 0 unspecified atom stereocenters. The van der Waals surface area contributed by atoms with Gasteiger partial charge in [-0.1, -0.05) is 20.8 Å². The fourth-order valence-corrected chi connectivity index (χ4v) is 3.91. The zero-order valence-electron chi connectivity index (χ0n) is 15.7. The van der Waals surface area contributed by atoms with E-state index >= 15 is 0 Å². The summed E-state index contributed by atoms with van der Waals surface area (Å²) >= 11 is 1.42. The van der Waals surface area contributed by atoms with Crippen LogP contribution in [0.4, 0.5) is 4.39 Å². The fourth-order valence-electron chi connectivity index (χ4n) is 2.86. The number of carbonyl (C=O) groups excluding carboxylic acids is 1. The quantitative estimate of drug-likeness (QED) is 0.805. The lowest BCUT2D eigenvalue weighted by Gasteiger charge is -2.15. The van der Waals surface area contributed by atoms with E-state index < -0.39 is 11.7 Å². The van der Waals surface area contributed by atoms with Gasteiger partial charge < -0.3 is 9.30 Å². The minimum atomic E-state index is -0.687. The van der Waals surface area contributed by atoms with Gasteiger partial charge in [-0.3, -0.25) is 4.79 Å². The van der Waals surface area contributed by atoms with Crippen LogP contribution < -0.4 is 4.80 Å². The first kappa shape index (κ1) is 19.5. The first-order valence-corrected chi connectivity index (χ1v) is 9.70. The normalized spacial score (nSPS) is 17.9. The van der Waals surface area contributed by atoms with E-state index in [0.29, 0.717) is 11.3 Å². The molecule has 1 fully saturated rings. The predicted molar refractivity (Wildman–Crippen MR) is 101 cm³/mol. The lowest BCUT2D eigenvalue weighted by atomic mass is 9.95. The third-order valence-corrected chi connectivity index (χ3v) is 5.85. The van der Waals surface area contributed by atoms with Gasteiger partial charge in [-0.15, -0.1) is 11.3 Å². The lowest BCUT2D eigenvalue weighted by molar-refractivity contribution is 0.0948. The first-order chi connectivity index (χ1) is 12.8. The van der Waals surface area contributed by atoms with Crippen molar-refractivity contribution in [1.29, 1.82) is 5.26 Å². The smallest absolute Gasteiger partial charge is 0.282 e. The van der Waals surface area contributed by atoms with E-state index in [1.165, 1.54) is 23.5 Å². The number of halogens is 1. The molecule has 5 nitrogen and oxygen atoms in total. The summed E-state index contributed by atoms with van der Waals surface area (Å²) in [4.78, 5) is 18.4. The summed E-state index contributed by atoms with van der Waals surface area (Å²) in [6.07, 6.45) is 4.10. The zero-order valence-corrected chi connectivity index (χ0v) is 16.5. The van der Waals surface area contributed by atoms with Gasteiger partial charge in [0, 0.05) is 17.7 Å². The Morgan fingerprint density at radius 3 is 2.89 bits per heavy atom. The summed E-state index contributed by atoms with van der Waals surface area (Å²) in [6.45, 7) is 7.64. The van der Waals surface area contributed by atoms with Gasteiger partial charge in [-0.2, -0.15) is 10.3 Å². The number of nitriles is 1. The van der Waals surface area contributed by atoms with Gasteiger partial charge in [-0.25, -0.2) is 4.39 Å². The molecule has 3 rings (SSSR count). The number of aromatic nitrogens is 1. The highest BCUT2D eigenvalue weighted by Gasteiger charge is 2.22. The molecule has 0 radical (unpaired) electrons. The van der Waals surface area contributed by atoms with Crippen LogP contribution in [0.15, 0.2) is 29.4 Å². The van der Waals surface area contributed by atoms with E-state index in [4.69, 9.17) is 10.00 Å². The average molecular weight is 387 g/mol. The second kappa shape index (κ2) is 7.75. The Kier molecular flexibility index (Phi) is 5.59. The van der Waals surface area contributed by atoms with Crippen LogP contribution in [0.5, 0.6) is 0 Å². The van der Waals surface area contributed by atoms with Crippen molar-refractivity contribution in [2.24, 2.45) is 4.99 Å². The van der Waals surface area contributed by atoms with Crippen LogP contribution in [-0.2, 0) is 16.7 Å². The molecule has 1 aromatic carbocycles. The third-order valence-electron chi connectivity index (χ3n) is 4.41. The monoisotopic (exact) mass is 387 g/mol. The van der Waals surface area contributed by atoms with Crippen LogP contribution in [0.25, 0.3) is 0 Å². The Labute approximate surface area is 161 Å². The molecule has 2 aromatic rings. The van der Waals surface area contributed by atoms with Crippen molar-refractivity contribution in [3.63, 3.8) is 0 Å². The first-order valence-electron chi connectivity index (χ1n) is 8.89. The van der Waals surface area contributed by atoms with Crippen molar-refractivity contribution in [2.45, 2.75) is 51.7 Å². The average Bonchev–Trinajstić information content (AvgIpc) is 3.26. The van der Waals surface area contributed by atoms with Gasteiger partial charge in [-0.05, 0) is 36.5 Å².